The van der Waals surface area contributed by atoms with Gasteiger partial charge >= 0.3 is 11.5 Å². The second-order valence-electron chi connectivity index (χ2n) is 11.2. The number of rotatable bonds is 2. The molecule has 1 aliphatic heterocycles. The van der Waals surface area contributed by atoms with E-state index in [1.165, 1.54) is 0 Å². The molecule has 1 aliphatic rings. The second kappa shape index (κ2) is 8.53. The SMILES string of the molecule is [C-]#[N+][C@]1(c2ccc(Br)cc2)C(=O)Oc2ccccc2[C@@H]1c1cc(C(C)(C)C)c(O)c(C(C)(C)C)c1. The van der Waals surface area contributed by atoms with Crippen LogP contribution < -0.4 is 4.74 Å². The Labute approximate surface area is 215 Å². The highest BCUT2D eigenvalue weighted by molar-refractivity contribution is 9.10. The predicted molar refractivity (Wildman–Crippen MR) is 142 cm³/mol. The molecule has 0 saturated carbocycles. The molecule has 2 atom stereocenters. The van der Waals surface area contributed by atoms with Crippen molar-refractivity contribution in [3.05, 3.63) is 104 Å². The average molecular weight is 532 g/mol. The van der Waals surface area contributed by atoms with Crippen molar-refractivity contribution in [2.24, 2.45) is 0 Å². The predicted octanol–water partition coefficient (Wildman–Crippen LogP) is 7.62. The molecule has 0 fully saturated rings. The van der Waals surface area contributed by atoms with E-state index in [4.69, 9.17) is 11.3 Å². The number of carbonyl (C=O) groups excluding carboxylic acids is 1. The van der Waals surface area contributed by atoms with Crippen molar-refractivity contribution in [2.75, 3.05) is 0 Å². The van der Waals surface area contributed by atoms with Gasteiger partial charge in [-0.1, -0.05) is 87.8 Å². The quantitative estimate of drug-likeness (QED) is 0.210. The summed E-state index contributed by atoms with van der Waals surface area (Å²) >= 11 is 3.46. The van der Waals surface area contributed by atoms with Crippen LogP contribution in [0.5, 0.6) is 11.5 Å². The molecule has 0 amide bonds. The van der Waals surface area contributed by atoms with Gasteiger partial charge in [-0.2, -0.15) is 0 Å². The zero-order valence-electron chi connectivity index (χ0n) is 20.9. The summed E-state index contributed by atoms with van der Waals surface area (Å²) in [5.41, 5.74) is 1.40. The number of fused-ring (bicyclic) bond motifs is 1. The van der Waals surface area contributed by atoms with E-state index in [0.717, 1.165) is 26.7 Å². The first kappa shape index (κ1) is 25.0. The first-order valence-corrected chi connectivity index (χ1v) is 12.4. The monoisotopic (exact) mass is 531 g/mol. The third-order valence-corrected chi connectivity index (χ3v) is 7.23. The van der Waals surface area contributed by atoms with Crippen LogP contribution in [0.25, 0.3) is 4.85 Å². The van der Waals surface area contributed by atoms with Gasteiger partial charge in [-0.3, -0.25) is 4.85 Å². The van der Waals surface area contributed by atoms with Gasteiger partial charge in [0.05, 0.1) is 0 Å². The molecule has 1 N–H and O–H groups in total. The van der Waals surface area contributed by atoms with Crippen LogP contribution in [-0.4, -0.2) is 11.1 Å². The number of phenols is 1. The summed E-state index contributed by atoms with van der Waals surface area (Å²) in [5.74, 6) is -0.498. The van der Waals surface area contributed by atoms with Gasteiger partial charge < -0.3 is 9.84 Å². The van der Waals surface area contributed by atoms with Crippen LogP contribution in [0.4, 0.5) is 0 Å². The topological polar surface area (TPSA) is 50.9 Å². The van der Waals surface area contributed by atoms with Gasteiger partial charge in [-0.05, 0) is 57.9 Å². The summed E-state index contributed by atoms with van der Waals surface area (Å²) in [6, 6.07) is 18.6. The minimum absolute atomic E-state index is 0.262. The highest BCUT2D eigenvalue weighted by Gasteiger charge is 2.61. The average Bonchev–Trinajstić information content (AvgIpc) is 2.77. The first-order valence-electron chi connectivity index (χ1n) is 11.6. The minimum Gasteiger partial charge on any atom is -0.507 e. The molecule has 4 rings (SSSR count). The molecule has 0 radical (unpaired) electrons. The lowest BCUT2D eigenvalue weighted by molar-refractivity contribution is -0.141. The second-order valence-corrected chi connectivity index (χ2v) is 12.1. The third kappa shape index (κ3) is 4.15. The highest BCUT2D eigenvalue weighted by Crippen LogP contribution is 2.53. The van der Waals surface area contributed by atoms with E-state index >= 15 is 0 Å². The normalized spacial score (nSPS) is 20.1. The molecule has 3 aromatic carbocycles. The minimum atomic E-state index is -1.61. The lowest BCUT2D eigenvalue weighted by Gasteiger charge is -2.36. The number of nitrogens with zero attached hydrogens (tertiary/aromatic N) is 1. The summed E-state index contributed by atoms with van der Waals surface area (Å²) in [6.45, 7) is 20.7. The number of phenolic OH excluding ortho intramolecular Hbond substituents is 1. The molecule has 35 heavy (non-hydrogen) atoms. The van der Waals surface area contributed by atoms with Crippen molar-refractivity contribution < 1.29 is 14.6 Å². The van der Waals surface area contributed by atoms with E-state index in [2.05, 4.69) is 62.3 Å². The van der Waals surface area contributed by atoms with E-state index in [1.54, 1.807) is 18.2 Å². The lowest BCUT2D eigenvalue weighted by atomic mass is 9.67. The fraction of sp³-hybridized carbons (Fsp3) is 0.333. The molecular formula is C30H30BrNO3. The smallest absolute Gasteiger partial charge is 0.404 e. The lowest BCUT2D eigenvalue weighted by Crippen LogP contribution is -2.45. The van der Waals surface area contributed by atoms with Gasteiger partial charge in [0.25, 0.3) is 0 Å². The Kier molecular flexibility index (Phi) is 6.10. The molecular weight excluding hydrogens is 502 g/mol. The maximum Gasteiger partial charge on any atom is 0.404 e. The van der Waals surface area contributed by atoms with E-state index in [0.29, 0.717) is 11.3 Å². The number of hydrogen-bond acceptors (Lipinski definition) is 3. The van der Waals surface area contributed by atoms with Crippen LogP contribution >= 0.6 is 15.9 Å². The van der Waals surface area contributed by atoms with E-state index < -0.39 is 17.4 Å². The van der Waals surface area contributed by atoms with Gasteiger partial charge in [0.2, 0.25) is 0 Å². The number of ether oxygens (including phenoxy) is 1. The Balaban J connectivity index is 2.13. The Morgan fingerprint density at radius 2 is 1.49 bits per heavy atom. The fourth-order valence-electron chi connectivity index (χ4n) is 4.88. The molecule has 0 bridgehead atoms. The van der Waals surface area contributed by atoms with Gasteiger partial charge in [0.1, 0.15) is 17.4 Å². The zero-order chi connectivity index (χ0) is 25.8. The fourth-order valence-corrected chi connectivity index (χ4v) is 5.15. The molecule has 3 aromatic rings. The van der Waals surface area contributed by atoms with Gasteiger partial charge in [-0.25, -0.2) is 11.4 Å². The standard InChI is InChI=1S/C30H30BrNO3/c1-28(2,3)22-16-18(17-23(26(22)33)29(4,5)6)25-21-10-8-9-11-24(21)35-27(34)30(25,32-7)19-12-14-20(31)15-13-19/h8-17,25,33H,1-6H3/t25-,30-/m0/s1. The molecule has 0 aromatic heterocycles. The van der Waals surface area contributed by atoms with E-state index in [9.17, 15) is 9.90 Å². The number of aromatic hydroxyl groups is 1. The van der Waals surface area contributed by atoms with Crippen LogP contribution in [0.3, 0.4) is 0 Å². The maximum absolute atomic E-state index is 13.7. The molecule has 0 spiro atoms. The molecule has 180 valence electrons. The van der Waals surface area contributed by atoms with Gasteiger partial charge in [0.15, 0.2) is 0 Å². The Morgan fingerprint density at radius 1 is 0.943 bits per heavy atom. The summed E-state index contributed by atoms with van der Waals surface area (Å²) in [4.78, 5) is 17.7. The van der Waals surface area contributed by atoms with E-state index in [-0.39, 0.29) is 16.6 Å². The third-order valence-electron chi connectivity index (χ3n) is 6.70. The van der Waals surface area contributed by atoms with Crippen molar-refractivity contribution in [1.82, 2.24) is 0 Å². The number of benzene rings is 3. The van der Waals surface area contributed by atoms with Crippen molar-refractivity contribution in [3.8, 4) is 11.5 Å². The molecule has 0 saturated heterocycles. The van der Waals surface area contributed by atoms with Gasteiger partial charge in [0, 0.05) is 15.6 Å². The first-order chi connectivity index (χ1) is 16.3. The number of hydrogen-bond donors (Lipinski definition) is 1. The Hall–Kier alpha value is -3.10. The molecule has 4 nitrogen and oxygen atoms in total. The molecule has 0 aliphatic carbocycles. The number of esters is 1. The maximum atomic E-state index is 13.7. The molecule has 0 unspecified atom stereocenters. The van der Waals surface area contributed by atoms with E-state index in [1.807, 2.05) is 42.5 Å². The molecule has 1 heterocycles. The summed E-state index contributed by atoms with van der Waals surface area (Å²) in [6.07, 6.45) is 0. The largest absolute Gasteiger partial charge is 0.507 e. The summed E-state index contributed by atoms with van der Waals surface area (Å²) in [5, 5.41) is 11.3. The van der Waals surface area contributed by atoms with Crippen LogP contribution in [0.15, 0.2) is 65.1 Å². The number of halogens is 1. The Bertz CT molecular complexity index is 1300. The van der Waals surface area contributed by atoms with Crippen molar-refractivity contribution in [2.45, 2.75) is 63.8 Å². The summed E-state index contributed by atoms with van der Waals surface area (Å²) in [7, 11) is 0. The van der Waals surface area contributed by atoms with Crippen LogP contribution in [0.1, 0.15) is 75.3 Å². The Morgan fingerprint density at radius 3 is 2.00 bits per heavy atom. The van der Waals surface area contributed by atoms with Crippen LogP contribution in [0.2, 0.25) is 0 Å². The van der Waals surface area contributed by atoms with Gasteiger partial charge in [-0.15, -0.1) is 0 Å². The van der Waals surface area contributed by atoms with Crippen molar-refractivity contribution >= 4 is 21.9 Å². The number of carbonyl (C=O) groups is 1. The highest BCUT2D eigenvalue weighted by atomic mass is 79.9. The number of para-hydroxylation sites is 1. The van der Waals surface area contributed by atoms with Crippen LogP contribution in [-0.2, 0) is 21.2 Å². The summed E-state index contributed by atoms with van der Waals surface area (Å²) < 4.78 is 6.64. The molecule has 5 heteroatoms. The van der Waals surface area contributed by atoms with Crippen LogP contribution in [0, 0.1) is 6.57 Å². The van der Waals surface area contributed by atoms with Crippen molar-refractivity contribution in [3.63, 3.8) is 0 Å². The van der Waals surface area contributed by atoms with Crippen molar-refractivity contribution in [1.29, 1.82) is 0 Å². The zero-order valence-corrected chi connectivity index (χ0v) is 22.5.